The largest absolute Gasteiger partial charge is 0.494 e. The first-order valence-corrected chi connectivity index (χ1v) is 8.19. The van der Waals surface area contributed by atoms with Gasteiger partial charge in [0.15, 0.2) is 0 Å². The predicted molar refractivity (Wildman–Crippen MR) is 84.4 cm³/mol. The highest BCUT2D eigenvalue weighted by Crippen LogP contribution is 2.61. The van der Waals surface area contributed by atoms with Gasteiger partial charge in [0, 0.05) is 24.0 Å². The topological polar surface area (TPSA) is 71.7 Å². The maximum atomic E-state index is 13.0. The first-order valence-electron chi connectivity index (χ1n) is 8.19. The van der Waals surface area contributed by atoms with Crippen LogP contribution in [0.4, 0.5) is 13.2 Å². The summed E-state index contributed by atoms with van der Waals surface area (Å²) in [5.41, 5.74) is 0.145. The Balaban J connectivity index is 1.80. The van der Waals surface area contributed by atoms with Gasteiger partial charge in [-0.1, -0.05) is 6.07 Å². The summed E-state index contributed by atoms with van der Waals surface area (Å²) < 4.78 is 45.2. The maximum Gasteiger partial charge on any atom is 0.416 e. The van der Waals surface area contributed by atoms with E-state index in [2.05, 4.69) is 0 Å². The summed E-state index contributed by atoms with van der Waals surface area (Å²) >= 11 is 0. The molecule has 26 heavy (non-hydrogen) atoms. The number of carbonyl (C=O) groups is 1. The molecule has 1 saturated carbocycles. The number of hydrogen-bond donors (Lipinski definition) is 2. The number of rotatable bonds is 2. The summed E-state index contributed by atoms with van der Waals surface area (Å²) in [5.74, 6) is -1.36. The molecule has 3 unspecified atom stereocenters. The molecule has 2 aliphatic carbocycles. The fourth-order valence-electron chi connectivity index (χ4n) is 4.30. The van der Waals surface area contributed by atoms with E-state index in [0.29, 0.717) is 24.0 Å². The number of nitrogens with zero attached hydrogens (tertiary/aromatic N) is 1. The van der Waals surface area contributed by atoms with E-state index in [1.807, 2.05) is 0 Å². The normalized spacial score (nSPS) is 23.9. The highest BCUT2D eigenvalue weighted by Gasteiger charge is 2.51. The molecule has 1 aromatic carbocycles. The van der Waals surface area contributed by atoms with E-state index in [1.165, 1.54) is 19.1 Å². The smallest absolute Gasteiger partial charge is 0.416 e. The highest BCUT2D eigenvalue weighted by molar-refractivity contribution is 5.67. The molecule has 0 amide bonds. The average molecular weight is 367 g/mol. The second-order valence-electron chi connectivity index (χ2n) is 6.78. The summed E-state index contributed by atoms with van der Waals surface area (Å²) in [4.78, 5) is 11.3. The van der Waals surface area contributed by atoms with Crippen LogP contribution in [0.15, 0.2) is 24.3 Å². The Bertz CT molecular complexity index is 903. The van der Waals surface area contributed by atoms with E-state index in [9.17, 15) is 28.2 Å². The Morgan fingerprint density at radius 2 is 1.88 bits per heavy atom. The van der Waals surface area contributed by atoms with Crippen molar-refractivity contribution < 1.29 is 32.9 Å². The van der Waals surface area contributed by atoms with Gasteiger partial charge in [-0.2, -0.15) is 13.2 Å². The highest BCUT2D eigenvalue weighted by atomic mass is 19.4. The molecule has 2 N–H and O–H groups in total. The maximum absolute atomic E-state index is 13.0. The minimum Gasteiger partial charge on any atom is -0.494 e. The van der Waals surface area contributed by atoms with Gasteiger partial charge >= 0.3 is 12.1 Å². The summed E-state index contributed by atoms with van der Waals surface area (Å²) in [6.45, 7) is 1.30. The summed E-state index contributed by atoms with van der Waals surface area (Å²) in [7, 11) is 0. The summed E-state index contributed by atoms with van der Waals surface area (Å²) in [6, 6.07) is 4.41. The van der Waals surface area contributed by atoms with Crippen LogP contribution in [0, 0.1) is 0 Å². The zero-order chi connectivity index (χ0) is 18.8. The Labute approximate surface area is 146 Å². The second-order valence-corrected chi connectivity index (χ2v) is 6.78. The van der Waals surface area contributed by atoms with Gasteiger partial charge in [0.25, 0.3) is 0 Å². The van der Waals surface area contributed by atoms with Crippen molar-refractivity contribution in [2.24, 2.45) is 0 Å². The Morgan fingerprint density at radius 1 is 1.19 bits per heavy atom. The molecule has 0 radical (unpaired) electrons. The number of carbonyl (C=O) groups excluding carboxylic acids is 1. The Kier molecular flexibility index (Phi) is 3.51. The van der Waals surface area contributed by atoms with Gasteiger partial charge < -0.3 is 14.9 Å². The minimum absolute atomic E-state index is 0.0210. The lowest BCUT2D eigenvalue weighted by Gasteiger charge is -2.21. The van der Waals surface area contributed by atoms with Crippen LogP contribution < -0.4 is 0 Å². The molecule has 3 atom stereocenters. The first kappa shape index (κ1) is 16.8. The van der Waals surface area contributed by atoms with Gasteiger partial charge in [0.05, 0.1) is 11.3 Å². The van der Waals surface area contributed by atoms with Crippen molar-refractivity contribution in [1.82, 2.24) is 4.57 Å². The fraction of sp³-hybridized carbons (Fsp3) is 0.389. The number of halogens is 3. The zero-order valence-corrected chi connectivity index (χ0v) is 13.7. The Morgan fingerprint density at radius 3 is 2.54 bits per heavy atom. The number of fused-ring (bicyclic) bond motifs is 5. The molecule has 2 aromatic rings. The monoisotopic (exact) mass is 367 g/mol. The zero-order valence-electron chi connectivity index (χ0n) is 13.7. The molecule has 1 fully saturated rings. The van der Waals surface area contributed by atoms with Crippen LogP contribution in [0.1, 0.15) is 48.3 Å². The van der Waals surface area contributed by atoms with E-state index >= 15 is 0 Å². The fourth-order valence-corrected chi connectivity index (χ4v) is 4.30. The van der Waals surface area contributed by atoms with Crippen molar-refractivity contribution in [3.8, 4) is 17.4 Å². The minimum atomic E-state index is -4.53. The summed E-state index contributed by atoms with van der Waals surface area (Å²) in [5, 5.41) is 21.2. The van der Waals surface area contributed by atoms with Crippen LogP contribution in [0.5, 0.6) is 11.8 Å². The van der Waals surface area contributed by atoms with Crippen molar-refractivity contribution in [2.45, 2.75) is 43.9 Å². The van der Waals surface area contributed by atoms with E-state index in [-0.39, 0.29) is 29.3 Å². The lowest BCUT2D eigenvalue weighted by atomic mass is 9.92. The molecular formula is C18H16F3NO4. The molecule has 0 aliphatic heterocycles. The van der Waals surface area contributed by atoms with E-state index in [4.69, 9.17) is 4.74 Å². The Hall–Kier alpha value is -2.64. The van der Waals surface area contributed by atoms with Crippen LogP contribution >= 0.6 is 0 Å². The third-order valence-electron chi connectivity index (χ3n) is 5.23. The quantitative estimate of drug-likeness (QED) is 0.792. The number of aromatic nitrogens is 1. The van der Waals surface area contributed by atoms with Gasteiger partial charge in [-0.15, -0.1) is 0 Å². The lowest BCUT2D eigenvalue weighted by Crippen LogP contribution is -2.21. The molecule has 0 spiro atoms. The molecule has 2 bridgehead atoms. The number of ether oxygens (including phenoxy) is 1. The van der Waals surface area contributed by atoms with E-state index < -0.39 is 23.8 Å². The molecule has 0 saturated heterocycles. The van der Waals surface area contributed by atoms with Crippen molar-refractivity contribution in [1.29, 1.82) is 0 Å². The van der Waals surface area contributed by atoms with Crippen LogP contribution in [0.3, 0.4) is 0 Å². The van der Waals surface area contributed by atoms with Gasteiger partial charge in [0.1, 0.15) is 6.10 Å². The average Bonchev–Trinajstić information content (AvgIpc) is 3.18. The van der Waals surface area contributed by atoms with Gasteiger partial charge in [-0.3, -0.25) is 9.36 Å². The van der Waals surface area contributed by atoms with E-state index in [1.54, 1.807) is 0 Å². The number of benzene rings is 1. The molecule has 138 valence electrons. The standard InChI is InChI=1S/C18H16F3NO4/c1-8(23)26-13-6-9-5-12(13)15-14(9)16(24)22(17(15)25)11-4-2-3-10(7-11)18(19,20)21/h2-4,7,9,12-13,24-25H,5-6H2,1H3. The lowest BCUT2D eigenvalue weighted by molar-refractivity contribution is -0.147. The molecule has 1 heterocycles. The van der Waals surface area contributed by atoms with Crippen molar-refractivity contribution in [3.05, 3.63) is 41.0 Å². The molecule has 4 rings (SSSR count). The van der Waals surface area contributed by atoms with Crippen LogP contribution in [0.2, 0.25) is 0 Å². The summed E-state index contributed by atoms with van der Waals surface area (Å²) in [6.07, 6.45) is -3.77. The van der Waals surface area contributed by atoms with Gasteiger partial charge in [0.2, 0.25) is 11.8 Å². The third-order valence-corrected chi connectivity index (χ3v) is 5.23. The molecule has 5 nitrogen and oxygen atoms in total. The predicted octanol–water partition coefficient (Wildman–Crippen LogP) is 3.81. The third kappa shape index (κ3) is 2.35. The number of hydrogen-bond acceptors (Lipinski definition) is 4. The van der Waals surface area contributed by atoms with E-state index in [0.717, 1.165) is 16.7 Å². The molecule has 1 aromatic heterocycles. The van der Waals surface area contributed by atoms with Crippen LogP contribution in [-0.2, 0) is 15.7 Å². The SMILES string of the molecule is CC(=O)OC1CC2CC1c1c2c(O)n(-c2cccc(C(F)(F)F)c2)c1O. The van der Waals surface area contributed by atoms with Gasteiger partial charge in [-0.05, 0) is 37.0 Å². The second kappa shape index (κ2) is 5.43. The number of alkyl halides is 3. The van der Waals surface area contributed by atoms with Crippen LogP contribution in [0.25, 0.3) is 5.69 Å². The van der Waals surface area contributed by atoms with Crippen molar-refractivity contribution in [2.75, 3.05) is 0 Å². The van der Waals surface area contributed by atoms with Crippen LogP contribution in [-0.4, -0.2) is 26.9 Å². The first-order chi connectivity index (χ1) is 12.2. The van der Waals surface area contributed by atoms with Gasteiger partial charge in [-0.25, -0.2) is 0 Å². The molecular weight excluding hydrogens is 351 g/mol. The van der Waals surface area contributed by atoms with Crippen molar-refractivity contribution in [3.63, 3.8) is 0 Å². The number of esters is 1. The molecule has 2 aliphatic rings. The molecule has 8 heteroatoms. The number of aromatic hydroxyl groups is 2. The van der Waals surface area contributed by atoms with Crippen molar-refractivity contribution >= 4 is 5.97 Å².